The number of carbonyl (C=O) groups is 3. The minimum atomic E-state index is -0.430. The number of aromatic nitrogens is 1. The molecule has 0 spiro atoms. The van der Waals surface area contributed by atoms with Gasteiger partial charge in [0, 0.05) is 30.0 Å². The van der Waals surface area contributed by atoms with Gasteiger partial charge < -0.3 is 4.57 Å². The summed E-state index contributed by atoms with van der Waals surface area (Å²) in [7, 11) is 0. The van der Waals surface area contributed by atoms with E-state index in [4.69, 9.17) is 11.6 Å². The molecular weight excluding hydrogens is 398 g/mol. The third kappa shape index (κ3) is 3.27. The van der Waals surface area contributed by atoms with Gasteiger partial charge in [-0.05, 0) is 43.3 Å². The van der Waals surface area contributed by atoms with E-state index < -0.39 is 5.91 Å². The van der Waals surface area contributed by atoms with Gasteiger partial charge in [-0.15, -0.1) is 0 Å². The van der Waals surface area contributed by atoms with Gasteiger partial charge in [0.1, 0.15) is 0 Å². The fraction of sp³-hybridized carbons (Fsp3) is 0.200. The van der Waals surface area contributed by atoms with Crippen molar-refractivity contribution in [2.75, 3.05) is 4.90 Å². The molecule has 0 N–H and O–H groups in total. The highest BCUT2D eigenvalue weighted by Crippen LogP contribution is 2.24. The van der Waals surface area contributed by atoms with Crippen molar-refractivity contribution in [2.24, 2.45) is 4.99 Å². The summed E-state index contributed by atoms with van der Waals surface area (Å²) in [5, 5.41) is 0.627. The highest BCUT2D eigenvalue weighted by molar-refractivity contribution is 7.16. The van der Waals surface area contributed by atoms with Crippen LogP contribution in [0.25, 0.3) is 10.2 Å². The summed E-state index contributed by atoms with van der Waals surface area (Å²) in [6.45, 7) is 2.64. The fourth-order valence-corrected chi connectivity index (χ4v) is 4.60. The summed E-state index contributed by atoms with van der Waals surface area (Å²) < 4.78 is 2.90. The maximum absolute atomic E-state index is 12.8. The largest absolute Gasteiger partial charge is 0.317 e. The monoisotopic (exact) mass is 413 g/mol. The van der Waals surface area contributed by atoms with Gasteiger partial charge >= 0.3 is 0 Å². The molecule has 8 heteroatoms. The number of benzene rings is 2. The molecule has 1 aliphatic heterocycles. The minimum Gasteiger partial charge on any atom is -0.317 e. The molecule has 0 radical (unpaired) electrons. The number of hydrogen-bond donors (Lipinski definition) is 0. The van der Waals surface area contributed by atoms with E-state index in [0.29, 0.717) is 27.6 Å². The molecule has 1 fully saturated rings. The van der Waals surface area contributed by atoms with Crippen LogP contribution >= 0.6 is 22.9 Å². The summed E-state index contributed by atoms with van der Waals surface area (Å²) in [6, 6.07) is 12.0. The van der Waals surface area contributed by atoms with E-state index in [2.05, 4.69) is 4.99 Å². The van der Waals surface area contributed by atoms with Crippen molar-refractivity contribution in [1.29, 1.82) is 0 Å². The highest BCUT2D eigenvalue weighted by Gasteiger charge is 2.30. The van der Waals surface area contributed by atoms with Gasteiger partial charge in [0.25, 0.3) is 5.91 Å². The first-order chi connectivity index (χ1) is 13.5. The van der Waals surface area contributed by atoms with Crippen LogP contribution in [0.2, 0.25) is 5.02 Å². The molecule has 0 aliphatic carbocycles. The van der Waals surface area contributed by atoms with Crippen LogP contribution in [0, 0.1) is 0 Å². The predicted octanol–water partition coefficient (Wildman–Crippen LogP) is 3.77. The number of halogens is 1. The lowest BCUT2D eigenvalue weighted by Crippen LogP contribution is -2.28. The second-order valence-corrected chi connectivity index (χ2v) is 7.78. The number of fused-ring (bicyclic) bond motifs is 1. The Morgan fingerprint density at radius 1 is 1.14 bits per heavy atom. The van der Waals surface area contributed by atoms with Crippen molar-refractivity contribution in [3.05, 3.63) is 57.9 Å². The molecule has 2 heterocycles. The smallest absolute Gasteiger partial charge is 0.279 e. The first-order valence-corrected chi connectivity index (χ1v) is 10.0. The van der Waals surface area contributed by atoms with E-state index in [9.17, 15) is 14.4 Å². The summed E-state index contributed by atoms with van der Waals surface area (Å²) in [5.74, 6) is -0.936. The molecule has 0 unspecified atom stereocenters. The fourth-order valence-electron chi connectivity index (χ4n) is 3.23. The zero-order chi connectivity index (χ0) is 19.8. The second kappa shape index (κ2) is 7.33. The molecule has 1 aromatic heterocycles. The van der Waals surface area contributed by atoms with Crippen LogP contribution in [-0.2, 0) is 16.1 Å². The number of thiazole rings is 1. The number of carbonyl (C=O) groups excluding carboxylic acids is 3. The quantitative estimate of drug-likeness (QED) is 0.613. The molecule has 28 heavy (non-hydrogen) atoms. The van der Waals surface area contributed by atoms with Crippen LogP contribution < -0.4 is 9.70 Å². The summed E-state index contributed by atoms with van der Waals surface area (Å²) in [4.78, 5) is 42.7. The molecule has 0 atom stereocenters. The Bertz CT molecular complexity index is 1180. The SMILES string of the molecule is CCn1c(=NC(=O)c2cccc(N3C(=O)CCC3=O)c2)sc2cc(Cl)ccc21. The summed E-state index contributed by atoms with van der Waals surface area (Å²) >= 11 is 7.46. The molecule has 4 rings (SSSR count). The normalized spacial score (nSPS) is 15.1. The zero-order valence-corrected chi connectivity index (χ0v) is 16.6. The van der Waals surface area contributed by atoms with Gasteiger partial charge in [0.2, 0.25) is 11.8 Å². The molecule has 0 bridgehead atoms. The molecule has 142 valence electrons. The van der Waals surface area contributed by atoms with Crippen LogP contribution in [0.3, 0.4) is 0 Å². The maximum atomic E-state index is 12.8. The molecule has 6 nitrogen and oxygen atoms in total. The Balaban J connectivity index is 1.75. The van der Waals surface area contributed by atoms with Gasteiger partial charge in [-0.2, -0.15) is 4.99 Å². The average molecular weight is 414 g/mol. The number of hydrogen-bond acceptors (Lipinski definition) is 4. The molecular formula is C20H16ClN3O3S. The Kier molecular flexibility index (Phi) is 4.87. The van der Waals surface area contributed by atoms with E-state index in [0.717, 1.165) is 15.1 Å². The molecule has 3 amide bonds. The van der Waals surface area contributed by atoms with Crippen molar-refractivity contribution >= 4 is 56.6 Å². The predicted molar refractivity (Wildman–Crippen MR) is 109 cm³/mol. The van der Waals surface area contributed by atoms with Crippen LogP contribution in [-0.4, -0.2) is 22.3 Å². The van der Waals surface area contributed by atoms with E-state index in [1.54, 1.807) is 18.2 Å². The van der Waals surface area contributed by atoms with Crippen molar-refractivity contribution in [3.63, 3.8) is 0 Å². The summed E-state index contributed by atoms with van der Waals surface area (Å²) in [5.41, 5.74) is 1.69. The summed E-state index contributed by atoms with van der Waals surface area (Å²) in [6.07, 6.45) is 0.393. The topological polar surface area (TPSA) is 71.7 Å². The van der Waals surface area contributed by atoms with Crippen molar-refractivity contribution in [2.45, 2.75) is 26.3 Å². The van der Waals surface area contributed by atoms with Crippen LogP contribution in [0.4, 0.5) is 5.69 Å². The number of anilines is 1. The zero-order valence-electron chi connectivity index (χ0n) is 15.0. The highest BCUT2D eigenvalue weighted by atomic mass is 35.5. The average Bonchev–Trinajstić information content (AvgIpc) is 3.19. The lowest BCUT2D eigenvalue weighted by molar-refractivity contribution is -0.121. The van der Waals surface area contributed by atoms with Gasteiger partial charge in [-0.25, -0.2) is 0 Å². The lowest BCUT2D eigenvalue weighted by Gasteiger charge is -2.14. The lowest BCUT2D eigenvalue weighted by atomic mass is 10.2. The first kappa shape index (κ1) is 18.6. The van der Waals surface area contributed by atoms with Crippen LogP contribution in [0.1, 0.15) is 30.1 Å². The third-order valence-electron chi connectivity index (χ3n) is 4.56. The number of imide groups is 1. The molecule has 3 aromatic rings. The van der Waals surface area contributed by atoms with Crippen molar-refractivity contribution in [1.82, 2.24) is 4.57 Å². The molecule has 0 saturated carbocycles. The Morgan fingerprint density at radius 3 is 2.61 bits per heavy atom. The molecule has 2 aromatic carbocycles. The number of nitrogens with zero attached hydrogens (tertiary/aromatic N) is 3. The van der Waals surface area contributed by atoms with E-state index in [1.165, 1.54) is 17.4 Å². The van der Waals surface area contributed by atoms with Crippen LogP contribution in [0.5, 0.6) is 0 Å². The number of rotatable bonds is 3. The van der Waals surface area contributed by atoms with Crippen molar-refractivity contribution in [3.8, 4) is 0 Å². The first-order valence-electron chi connectivity index (χ1n) is 8.81. The van der Waals surface area contributed by atoms with E-state index in [1.807, 2.05) is 29.7 Å². The molecule has 1 aliphatic rings. The Hall–Kier alpha value is -2.77. The van der Waals surface area contributed by atoms with E-state index >= 15 is 0 Å². The third-order valence-corrected chi connectivity index (χ3v) is 5.84. The number of amides is 3. The maximum Gasteiger partial charge on any atom is 0.279 e. The number of aryl methyl sites for hydroxylation is 1. The Morgan fingerprint density at radius 2 is 1.89 bits per heavy atom. The van der Waals surface area contributed by atoms with Gasteiger partial charge in [-0.1, -0.05) is 29.0 Å². The van der Waals surface area contributed by atoms with Gasteiger partial charge in [0.15, 0.2) is 4.80 Å². The minimum absolute atomic E-state index is 0.197. The van der Waals surface area contributed by atoms with Crippen molar-refractivity contribution < 1.29 is 14.4 Å². The standard InChI is InChI=1S/C20H16ClN3O3S/c1-2-23-15-7-6-13(21)11-16(15)28-20(23)22-19(27)12-4-3-5-14(10-12)24-17(25)8-9-18(24)26/h3-7,10-11H,2,8-9H2,1H3. The van der Waals surface area contributed by atoms with E-state index in [-0.39, 0.29) is 24.7 Å². The second-order valence-electron chi connectivity index (χ2n) is 6.33. The Labute approximate surface area is 169 Å². The van der Waals surface area contributed by atoms with Crippen LogP contribution in [0.15, 0.2) is 47.5 Å². The molecule has 1 saturated heterocycles. The van der Waals surface area contributed by atoms with Gasteiger partial charge in [-0.3, -0.25) is 19.3 Å². The van der Waals surface area contributed by atoms with Gasteiger partial charge in [0.05, 0.1) is 15.9 Å².